The lowest BCUT2D eigenvalue weighted by atomic mass is 10.0. The molecule has 0 bridgehead atoms. The Bertz CT molecular complexity index is 366. The highest BCUT2D eigenvalue weighted by atomic mass is 14.0. The van der Waals surface area contributed by atoms with Crippen molar-refractivity contribution >= 4 is 0 Å². The third-order valence-corrected chi connectivity index (χ3v) is 4.85. The molecule has 0 N–H and O–H groups in total. The van der Waals surface area contributed by atoms with Gasteiger partial charge in [-0.2, -0.15) is 0 Å². The van der Waals surface area contributed by atoms with Gasteiger partial charge in [-0.25, -0.2) is 0 Å². The minimum atomic E-state index is 1.23. The lowest BCUT2D eigenvalue weighted by Gasteiger charge is -2.05. The monoisotopic (exact) mass is 316 g/mol. The molecule has 0 aromatic heterocycles. The van der Waals surface area contributed by atoms with E-state index in [0.717, 1.165) is 0 Å². The van der Waals surface area contributed by atoms with Crippen molar-refractivity contribution in [3.63, 3.8) is 0 Å². The van der Waals surface area contributed by atoms with Crippen molar-refractivity contribution < 1.29 is 0 Å². The van der Waals surface area contributed by atoms with Crippen molar-refractivity contribution in [3.8, 4) is 0 Å². The normalized spacial score (nSPS) is 11.0. The van der Waals surface area contributed by atoms with Crippen LogP contribution in [-0.4, -0.2) is 0 Å². The third kappa shape index (κ3) is 11.4. The van der Waals surface area contributed by atoms with E-state index in [9.17, 15) is 0 Å². The van der Waals surface area contributed by atoms with E-state index in [1.165, 1.54) is 102 Å². The second kappa shape index (κ2) is 14.8. The van der Waals surface area contributed by atoms with Gasteiger partial charge in [0.15, 0.2) is 0 Å². The van der Waals surface area contributed by atoms with E-state index in [4.69, 9.17) is 0 Å². The number of aryl methyl sites for hydroxylation is 2. The first-order valence-corrected chi connectivity index (χ1v) is 10.4. The predicted molar refractivity (Wildman–Crippen MR) is 105 cm³/mol. The molecule has 0 amide bonds. The molecule has 0 atom stereocenters. The number of benzene rings is 1. The van der Waals surface area contributed by atoms with Gasteiger partial charge in [0, 0.05) is 0 Å². The van der Waals surface area contributed by atoms with E-state index in [-0.39, 0.29) is 0 Å². The van der Waals surface area contributed by atoms with Crippen LogP contribution in [0.15, 0.2) is 24.3 Å². The molecule has 0 aliphatic heterocycles. The lowest BCUT2D eigenvalue weighted by Crippen LogP contribution is -1.90. The molecule has 0 saturated heterocycles. The van der Waals surface area contributed by atoms with E-state index in [1.54, 1.807) is 5.56 Å². The Labute approximate surface area is 146 Å². The third-order valence-electron chi connectivity index (χ3n) is 4.85. The molecule has 1 aromatic carbocycles. The van der Waals surface area contributed by atoms with Gasteiger partial charge in [0.1, 0.15) is 0 Å². The Balaban J connectivity index is 1.90. The van der Waals surface area contributed by atoms with Crippen LogP contribution in [0.25, 0.3) is 0 Å². The summed E-state index contributed by atoms with van der Waals surface area (Å²) in [6.45, 7) is 4.56. The number of hydrogen-bond acceptors (Lipinski definition) is 0. The maximum absolute atomic E-state index is 2.42. The molecule has 0 aliphatic carbocycles. The summed E-state index contributed by atoms with van der Waals surface area (Å²) in [7, 11) is 0. The van der Waals surface area contributed by atoms with Crippen LogP contribution >= 0.6 is 0 Å². The Kier molecular flexibility index (Phi) is 13.0. The molecule has 0 aliphatic rings. The van der Waals surface area contributed by atoms with Crippen LogP contribution < -0.4 is 0 Å². The van der Waals surface area contributed by atoms with Crippen LogP contribution in [0.1, 0.15) is 108 Å². The van der Waals surface area contributed by atoms with Gasteiger partial charge in [0.25, 0.3) is 0 Å². The van der Waals surface area contributed by atoms with Crippen molar-refractivity contribution in [3.05, 3.63) is 35.4 Å². The van der Waals surface area contributed by atoms with Crippen molar-refractivity contribution in [1.29, 1.82) is 0 Å². The van der Waals surface area contributed by atoms with Crippen LogP contribution in [0.3, 0.4) is 0 Å². The first-order valence-electron chi connectivity index (χ1n) is 10.4. The molecule has 0 fully saturated rings. The summed E-state index contributed by atoms with van der Waals surface area (Å²) in [6.07, 6.45) is 21.0. The summed E-state index contributed by atoms with van der Waals surface area (Å²) in [5.74, 6) is 0. The maximum atomic E-state index is 2.42. The van der Waals surface area contributed by atoms with Crippen LogP contribution in [0.5, 0.6) is 0 Å². The first kappa shape index (κ1) is 20.3. The molecule has 0 heterocycles. The molecule has 0 saturated carbocycles. The van der Waals surface area contributed by atoms with E-state index >= 15 is 0 Å². The molecule has 0 spiro atoms. The Morgan fingerprint density at radius 3 is 1.52 bits per heavy atom. The maximum Gasteiger partial charge on any atom is -0.0279 e. The summed E-state index contributed by atoms with van der Waals surface area (Å²) in [5.41, 5.74) is 3.06. The van der Waals surface area contributed by atoms with E-state index < -0.39 is 0 Å². The summed E-state index contributed by atoms with van der Waals surface area (Å²) in [5, 5.41) is 0. The molecule has 0 unspecified atom stereocenters. The van der Waals surface area contributed by atoms with Gasteiger partial charge in [-0.3, -0.25) is 0 Å². The largest absolute Gasteiger partial charge is 0.0654 e. The van der Waals surface area contributed by atoms with E-state index in [0.29, 0.717) is 0 Å². The average Bonchev–Trinajstić information content (AvgIpc) is 2.56. The molecule has 1 aromatic rings. The molecule has 0 nitrogen and oxygen atoms in total. The molecular formula is C23H40. The van der Waals surface area contributed by atoms with Gasteiger partial charge < -0.3 is 0 Å². The zero-order valence-electron chi connectivity index (χ0n) is 15.9. The van der Waals surface area contributed by atoms with Crippen molar-refractivity contribution in [2.45, 2.75) is 110 Å². The average molecular weight is 317 g/mol. The van der Waals surface area contributed by atoms with Gasteiger partial charge in [0.2, 0.25) is 0 Å². The second-order valence-electron chi connectivity index (χ2n) is 7.21. The predicted octanol–water partition coefficient (Wildman–Crippen LogP) is 7.88. The van der Waals surface area contributed by atoms with Crippen LogP contribution in [-0.2, 0) is 12.8 Å². The van der Waals surface area contributed by atoms with E-state index in [1.807, 2.05) is 0 Å². The smallest absolute Gasteiger partial charge is 0.0279 e. The topological polar surface area (TPSA) is 0 Å². The molecule has 23 heavy (non-hydrogen) atoms. The minimum Gasteiger partial charge on any atom is -0.0654 e. The molecule has 132 valence electrons. The highest BCUT2D eigenvalue weighted by molar-refractivity contribution is 5.23. The SMILES string of the molecule is CCCCCCCCCCCCCCc1cccc(CCC)c1. The van der Waals surface area contributed by atoms with Crippen LogP contribution in [0.2, 0.25) is 0 Å². The van der Waals surface area contributed by atoms with E-state index in [2.05, 4.69) is 38.1 Å². The summed E-state index contributed by atoms with van der Waals surface area (Å²) in [4.78, 5) is 0. The quantitative estimate of drug-likeness (QED) is 0.289. The van der Waals surface area contributed by atoms with Crippen LogP contribution in [0.4, 0.5) is 0 Å². The standard InChI is InChI=1S/C23H40/c1-3-5-6-7-8-9-10-11-12-13-14-15-18-23-20-16-19-22(21-23)17-4-2/h16,19-21H,3-15,17-18H2,1-2H3. The number of rotatable bonds is 15. The number of unbranched alkanes of at least 4 members (excludes halogenated alkanes) is 11. The Hall–Kier alpha value is -0.780. The fraction of sp³-hybridized carbons (Fsp3) is 0.739. The molecular weight excluding hydrogens is 276 g/mol. The fourth-order valence-electron chi connectivity index (χ4n) is 3.40. The van der Waals surface area contributed by atoms with Gasteiger partial charge in [-0.05, 0) is 30.4 Å². The summed E-state index contributed by atoms with van der Waals surface area (Å²) in [6, 6.07) is 9.23. The highest BCUT2D eigenvalue weighted by Crippen LogP contribution is 2.14. The molecule has 1 rings (SSSR count). The van der Waals surface area contributed by atoms with Gasteiger partial charge >= 0.3 is 0 Å². The lowest BCUT2D eigenvalue weighted by molar-refractivity contribution is 0.544. The van der Waals surface area contributed by atoms with Crippen molar-refractivity contribution in [2.24, 2.45) is 0 Å². The second-order valence-corrected chi connectivity index (χ2v) is 7.21. The zero-order chi connectivity index (χ0) is 16.6. The minimum absolute atomic E-state index is 1.23. The molecule has 0 heteroatoms. The van der Waals surface area contributed by atoms with Crippen LogP contribution in [0, 0.1) is 0 Å². The summed E-state index contributed by atoms with van der Waals surface area (Å²) >= 11 is 0. The van der Waals surface area contributed by atoms with Gasteiger partial charge in [-0.1, -0.05) is 115 Å². The Morgan fingerprint density at radius 2 is 1.00 bits per heavy atom. The van der Waals surface area contributed by atoms with Crippen molar-refractivity contribution in [1.82, 2.24) is 0 Å². The summed E-state index contributed by atoms with van der Waals surface area (Å²) < 4.78 is 0. The van der Waals surface area contributed by atoms with Gasteiger partial charge in [-0.15, -0.1) is 0 Å². The van der Waals surface area contributed by atoms with Crippen molar-refractivity contribution in [2.75, 3.05) is 0 Å². The Morgan fingerprint density at radius 1 is 0.522 bits per heavy atom. The number of hydrogen-bond donors (Lipinski definition) is 0. The first-order chi connectivity index (χ1) is 11.4. The zero-order valence-corrected chi connectivity index (χ0v) is 15.9. The van der Waals surface area contributed by atoms with Gasteiger partial charge in [0.05, 0.1) is 0 Å². The highest BCUT2D eigenvalue weighted by Gasteiger charge is 1.97. The molecule has 0 radical (unpaired) electrons. The fourth-order valence-corrected chi connectivity index (χ4v) is 3.40.